The van der Waals surface area contributed by atoms with Gasteiger partial charge in [0, 0.05) is 4.88 Å². The number of thiophene rings is 1. The van der Waals surface area contributed by atoms with Crippen LogP contribution < -0.4 is 0 Å². The van der Waals surface area contributed by atoms with Gasteiger partial charge in [-0.15, -0.1) is 11.3 Å². The van der Waals surface area contributed by atoms with Crippen molar-refractivity contribution >= 4 is 11.3 Å². The quantitative estimate of drug-likeness (QED) is 0.486. The minimum Gasteiger partial charge on any atom is -0.149 e. The van der Waals surface area contributed by atoms with Crippen LogP contribution in [0.4, 0.5) is 0 Å². The molecule has 0 bridgehead atoms. The van der Waals surface area contributed by atoms with Gasteiger partial charge in [-0.05, 0) is 30.2 Å². The van der Waals surface area contributed by atoms with Gasteiger partial charge in [-0.25, -0.2) is 0 Å². The van der Waals surface area contributed by atoms with Gasteiger partial charge in [0.2, 0.25) is 0 Å². The van der Waals surface area contributed by atoms with Crippen LogP contribution in [0.1, 0.15) is 63.7 Å². The van der Waals surface area contributed by atoms with Gasteiger partial charge >= 0.3 is 0 Å². The van der Waals surface area contributed by atoms with E-state index in [4.69, 9.17) is 0 Å². The molecule has 1 rings (SSSR count). The molecule has 0 N–H and O–H groups in total. The lowest BCUT2D eigenvalue weighted by molar-refractivity contribution is 0.512. The van der Waals surface area contributed by atoms with Crippen LogP contribution in [0, 0.1) is 5.92 Å². The van der Waals surface area contributed by atoms with Gasteiger partial charge in [-0.1, -0.05) is 58.4 Å². The zero-order chi connectivity index (χ0) is 11.6. The van der Waals surface area contributed by atoms with Crippen molar-refractivity contribution in [2.45, 2.75) is 65.2 Å². The summed E-state index contributed by atoms with van der Waals surface area (Å²) in [6, 6.07) is 4.42. The van der Waals surface area contributed by atoms with Crippen LogP contribution >= 0.6 is 11.3 Å². The maximum absolute atomic E-state index is 2.32. The molecule has 0 atom stereocenters. The number of aryl methyl sites for hydroxylation is 1. The van der Waals surface area contributed by atoms with E-state index in [1.54, 1.807) is 4.88 Å². The zero-order valence-corrected chi connectivity index (χ0v) is 11.7. The standard InChI is InChI=1S/C15H26S/c1-14(2)10-7-5-3-4-6-8-11-15-12-9-13-16-15/h9,12-14H,3-8,10-11H2,1-2H3. The lowest BCUT2D eigenvalue weighted by atomic mass is 10.0. The summed E-state index contributed by atoms with van der Waals surface area (Å²) in [5.41, 5.74) is 0. The highest BCUT2D eigenvalue weighted by atomic mass is 32.1. The van der Waals surface area contributed by atoms with Crippen molar-refractivity contribution < 1.29 is 0 Å². The smallest absolute Gasteiger partial charge is 0.00452 e. The highest BCUT2D eigenvalue weighted by molar-refractivity contribution is 7.09. The van der Waals surface area contributed by atoms with Crippen LogP contribution in [0.25, 0.3) is 0 Å². The summed E-state index contributed by atoms with van der Waals surface area (Å²) in [5, 5.41) is 2.18. The van der Waals surface area contributed by atoms with E-state index in [1.807, 2.05) is 11.3 Å². The largest absolute Gasteiger partial charge is 0.149 e. The summed E-state index contributed by atoms with van der Waals surface area (Å²) in [6.07, 6.45) is 11.3. The van der Waals surface area contributed by atoms with Crippen molar-refractivity contribution in [1.29, 1.82) is 0 Å². The highest BCUT2D eigenvalue weighted by Crippen LogP contribution is 2.15. The average molecular weight is 238 g/mol. The van der Waals surface area contributed by atoms with E-state index in [-0.39, 0.29) is 0 Å². The number of hydrogen-bond acceptors (Lipinski definition) is 1. The van der Waals surface area contributed by atoms with E-state index in [0.717, 1.165) is 5.92 Å². The molecule has 0 aliphatic carbocycles. The Balaban J connectivity index is 1.82. The highest BCUT2D eigenvalue weighted by Gasteiger charge is 1.96. The number of unbranched alkanes of at least 4 members (excludes halogenated alkanes) is 5. The van der Waals surface area contributed by atoms with Gasteiger partial charge < -0.3 is 0 Å². The fraction of sp³-hybridized carbons (Fsp3) is 0.733. The first-order valence-corrected chi connectivity index (χ1v) is 7.69. The Bertz CT molecular complexity index is 236. The minimum atomic E-state index is 0.888. The molecule has 0 radical (unpaired) electrons. The van der Waals surface area contributed by atoms with Crippen molar-refractivity contribution in [3.05, 3.63) is 22.4 Å². The summed E-state index contributed by atoms with van der Waals surface area (Å²) in [6.45, 7) is 4.64. The molecule has 0 spiro atoms. The van der Waals surface area contributed by atoms with Crippen LogP contribution in [0.5, 0.6) is 0 Å². The molecule has 1 heteroatoms. The Hall–Kier alpha value is -0.300. The van der Waals surface area contributed by atoms with E-state index < -0.39 is 0 Å². The summed E-state index contributed by atoms with van der Waals surface area (Å²) >= 11 is 1.90. The molecule has 1 heterocycles. The molecule has 0 saturated heterocycles. The number of rotatable bonds is 9. The van der Waals surface area contributed by atoms with Gasteiger partial charge in [0.15, 0.2) is 0 Å². The van der Waals surface area contributed by atoms with Gasteiger partial charge in [-0.2, -0.15) is 0 Å². The molecule has 0 aromatic carbocycles. The molecule has 0 amide bonds. The fourth-order valence-electron chi connectivity index (χ4n) is 2.01. The van der Waals surface area contributed by atoms with Crippen molar-refractivity contribution in [3.63, 3.8) is 0 Å². The minimum absolute atomic E-state index is 0.888. The lowest BCUT2D eigenvalue weighted by Gasteiger charge is -2.04. The van der Waals surface area contributed by atoms with Gasteiger partial charge in [0.25, 0.3) is 0 Å². The van der Waals surface area contributed by atoms with E-state index in [1.165, 1.54) is 51.4 Å². The lowest BCUT2D eigenvalue weighted by Crippen LogP contribution is -1.87. The second-order valence-corrected chi connectivity index (χ2v) is 6.17. The molecular weight excluding hydrogens is 212 g/mol. The Kier molecular flexibility index (Phi) is 7.58. The molecule has 0 aliphatic rings. The Morgan fingerprint density at radius 1 is 1.00 bits per heavy atom. The second kappa shape index (κ2) is 8.81. The summed E-state index contributed by atoms with van der Waals surface area (Å²) in [7, 11) is 0. The normalized spacial score (nSPS) is 11.2. The topological polar surface area (TPSA) is 0 Å². The number of hydrogen-bond donors (Lipinski definition) is 0. The van der Waals surface area contributed by atoms with Crippen LogP contribution in [0.15, 0.2) is 17.5 Å². The molecule has 0 aliphatic heterocycles. The molecule has 16 heavy (non-hydrogen) atoms. The monoisotopic (exact) mass is 238 g/mol. The van der Waals surface area contributed by atoms with Crippen molar-refractivity contribution in [2.24, 2.45) is 5.92 Å². The third-order valence-corrected chi connectivity index (χ3v) is 3.97. The van der Waals surface area contributed by atoms with E-state index in [2.05, 4.69) is 31.4 Å². The van der Waals surface area contributed by atoms with Crippen LogP contribution in [0.2, 0.25) is 0 Å². The maximum atomic E-state index is 2.32. The first-order valence-electron chi connectivity index (χ1n) is 6.81. The average Bonchev–Trinajstić information content (AvgIpc) is 2.74. The predicted molar refractivity (Wildman–Crippen MR) is 75.2 cm³/mol. The molecule has 92 valence electrons. The summed E-state index contributed by atoms with van der Waals surface area (Å²) in [4.78, 5) is 1.56. The van der Waals surface area contributed by atoms with E-state index >= 15 is 0 Å². The van der Waals surface area contributed by atoms with E-state index in [0.29, 0.717) is 0 Å². The Morgan fingerprint density at radius 2 is 1.69 bits per heavy atom. The summed E-state index contributed by atoms with van der Waals surface area (Å²) in [5.74, 6) is 0.888. The molecule has 1 aromatic rings. The SMILES string of the molecule is CC(C)CCCCCCCCc1cccs1. The molecule has 0 fully saturated rings. The molecular formula is C15H26S. The Labute approximate surface area is 105 Å². The van der Waals surface area contributed by atoms with E-state index in [9.17, 15) is 0 Å². The van der Waals surface area contributed by atoms with Crippen molar-refractivity contribution in [1.82, 2.24) is 0 Å². The second-order valence-electron chi connectivity index (χ2n) is 5.13. The van der Waals surface area contributed by atoms with Crippen molar-refractivity contribution in [3.8, 4) is 0 Å². The molecule has 0 unspecified atom stereocenters. The van der Waals surface area contributed by atoms with Crippen LogP contribution in [0.3, 0.4) is 0 Å². The fourth-order valence-corrected chi connectivity index (χ4v) is 2.77. The first-order chi connectivity index (χ1) is 7.79. The van der Waals surface area contributed by atoms with Crippen molar-refractivity contribution in [2.75, 3.05) is 0 Å². The Morgan fingerprint density at radius 3 is 2.31 bits per heavy atom. The van der Waals surface area contributed by atoms with Gasteiger partial charge in [0.05, 0.1) is 0 Å². The van der Waals surface area contributed by atoms with Gasteiger partial charge in [0.1, 0.15) is 0 Å². The van der Waals surface area contributed by atoms with Gasteiger partial charge in [-0.3, -0.25) is 0 Å². The van der Waals surface area contributed by atoms with Crippen LogP contribution in [-0.2, 0) is 6.42 Å². The maximum Gasteiger partial charge on any atom is 0.00452 e. The third-order valence-electron chi connectivity index (χ3n) is 3.03. The third kappa shape index (κ3) is 7.05. The predicted octanol–water partition coefficient (Wildman–Crippen LogP) is 5.68. The zero-order valence-electron chi connectivity index (χ0n) is 10.9. The first kappa shape index (κ1) is 13.8. The molecule has 1 aromatic heterocycles. The van der Waals surface area contributed by atoms with Crippen LogP contribution in [-0.4, -0.2) is 0 Å². The molecule has 0 saturated carbocycles. The summed E-state index contributed by atoms with van der Waals surface area (Å²) < 4.78 is 0. The molecule has 0 nitrogen and oxygen atoms in total.